The number of benzene rings is 3. The van der Waals surface area contributed by atoms with E-state index in [0.29, 0.717) is 10.5 Å². The highest BCUT2D eigenvalue weighted by Crippen LogP contribution is 2.23. The van der Waals surface area contributed by atoms with Gasteiger partial charge in [-0.15, -0.1) is 0 Å². The Morgan fingerprint density at radius 1 is 0.853 bits per heavy atom. The monoisotopic (exact) mass is 462 g/mol. The quantitative estimate of drug-likeness (QED) is 0.509. The largest absolute Gasteiger partial charge is 0.444 e. The van der Waals surface area contributed by atoms with Crippen LogP contribution < -0.4 is 5.73 Å². The minimum absolute atomic E-state index is 0.115. The lowest BCUT2D eigenvalue weighted by atomic mass is 10.00. The molecule has 3 rings (SSSR count). The van der Waals surface area contributed by atoms with E-state index in [1.807, 2.05) is 12.1 Å². The number of hydrogen-bond donors (Lipinski definition) is 1. The smallest absolute Gasteiger partial charge is 0.417 e. The molecule has 2 unspecified atom stereocenters. The lowest BCUT2D eigenvalue weighted by Crippen LogP contribution is -2.54. The van der Waals surface area contributed by atoms with Gasteiger partial charge < -0.3 is 10.5 Å². The molecular weight excluding hydrogens is 435 g/mol. The Morgan fingerprint density at radius 2 is 1.35 bits per heavy atom. The van der Waals surface area contributed by atoms with Crippen molar-refractivity contribution in [3.63, 3.8) is 0 Å². The maximum atomic E-state index is 15.0. The number of imide groups is 1. The van der Waals surface area contributed by atoms with Gasteiger partial charge >= 0.3 is 6.09 Å². The fourth-order valence-electron chi connectivity index (χ4n) is 3.49. The van der Waals surface area contributed by atoms with Crippen LogP contribution in [0.15, 0.2) is 91.0 Å². The van der Waals surface area contributed by atoms with Crippen molar-refractivity contribution in [1.82, 2.24) is 4.90 Å². The molecule has 3 aromatic rings. The SMILES string of the molecule is CC(C(=O)C(F)c1ccccc1)N(C(=O)OCc1ccccc1)C(=O)[C@@H](N)Cc1ccccc1. The van der Waals surface area contributed by atoms with Crippen LogP contribution >= 0.6 is 0 Å². The van der Waals surface area contributed by atoms with E-state index in [-0.39, 0.29) is 18.6 Å². The maximum absolute atomic E-state index is 15.0. The van der Waals surface area contributed by atoms with E-state index in [1.165, 1.54) is 19.1 Å². The predicted molar refractivity (Wildman–Crippen MR) is 126 cm³/mol. The third-order valence-corrected chi connectivity index (χ3v) is 5.40. The van der Waals surface area contributed by atoms with Gasteiger partial charge in [0.05, 0.1) is 6.04 Å². The second kappa shape index (κ2) is 11.9. The molecule has 0 bridgehead atoms. The number of halogens is 1. The number of carbonyl (C=O) groups excluding carboxylic acids is 3. The first-order chi connectivity index (χ1) is 16.4. The van der Waals surface area contributed by atoms with Crippen molar-refractivity contribution >= 4 is 17.8 Å². The number of hydrogen-bond acceptors (Lipinski definition) is 5. The summed E-state index contributed by atoms with van der Waals surface area (Å²) in [6.45, 7) is 1.19. The van der Waals surface area contributed by atoms with E-state index in [1.54, 1.807) is 66.7 Å². The Bertz CT molecular complexity index is 1090. The molecule has 0 radical (unpaired) electrons. The summed E-state index contributed by atoms with van der Waals surface area (Å²) in [6.07, 6.45) is -2.93. The van der Waals surface area contributed by atoms with Crippen molar-refractivity contribution < 1.29 is 23.5 Å². The molecule has 3 aromatic carbocycles. The number of rotatable bonds is 9. The van der Waals surface area contributed by atoms with E-state index in [2.05, 4.69) is 0 Å². The highest BCUT2D eigenvalue weighted by molar-refractivity contribution is 6.01. The Labute approximate surface area is 198 Å². The van der Waals surface area contributed by atoms with Gasteiger partial charge in [0, 0.05) is 0 Å². The number of ether oxygens (including phenoxy) is 1. The van der Waals surface area contributed by atoms with E-state index in [9.17, 15) is 18.8 Å². The van der Waals surface area contributed by atoms with Crippen LogP contribution in [-0.4, -0.2) is 34.8 Å². The summed E-state index contributed by atoms with van der Waals surface area (Å²) in [7, 11) is 0. The molecule has 2 amide bonds. The lowest BCUT2D eigenvalue weighted by Gasteiger charge is -2.29. The minimum Gasteiger partial charge on any atom is -0.444 e. The van der Waals surface area contributed by atoms with Gasteiger partial charge in [0.15, 0.2) is 12.0 Å². The Hall–Kier alpha value is -3.84. The molecule has 6 nitrogen and oxygen atoms in total. The topological polar surface area (TPSA) is 89.7 Å². The fraction of sp³-hybridized carbons (Fsp3) is 0.222. The second-order valence-electron chi connectivity index (χ2n) is 7.90. The van der Waals surface area contributed by atoms with Gasteiger partial charge in [-0.05, 0) is 30.0 Å². The summed E-state index contributed by atoms with van der Waals surface area (Å²) < 4.78 is 20.3. The van der Waals surface area contributed by atoms with Crippen molar-refractivity contribution in [3.8, 4) is 0 Å². The zero-order chi connectivity index (χ0) is 24.5. The number of Topliss-reactive ketones (excluding diaryl/α,β-unsaturated/α-hetero) is 1. The second-order valence-corrected chi connectivity index (χ2v) is 7.90. The van der Waals surface area contributed by atoms with Crippen LogP contribution in [0.2, 0.25) is 0 Å². The molecule has 0 aliphatic carbocycles. The zero-order valence-corrected chi connectivity index (χ0v) is 18.8. The predicted octanol–water partition coefficient (Wildman–Crippen LogP) is 4.39. The fourth-order valence-corrected chi connectivity index (χ4v) is 3.49. The summed E-state index contributed by atoms with van der Waals surface area (Å²) in [5.74, 6) is -1.76. The third-order valence-electron chi connectivity index (χ3n) is 5.40. The molecular formula is C27H27FN2O4. The highest BCUT2D eigenvalue weighted by atomic mass is 19.1. The normalized spacial score (nSPS) is 13.4. The molecule has 7 heteroatoms. The Balaban J connectivity index is 1.81. The van der Waals surface area contributed by atoms with E-state index in [0.717, 1.165) is 5.56 Å². The van der Waals surface area contributed by atoms with E-state index >= 15 is 0 Å². The summed E-state index contributed by atoms with van der Waals surface area (Å²) in [5.41, 5.74) is 7.74. The van der Waals surface area contributed by atoms with Gasteiger partial charge in [-0.1, -0.05) is 91.0 Å². The molecule has 2 N–H and O–H groups in total. The first-order valence-corrected chi connectivity index (χ1v) is 10.9. The van der Waals surface area contributed by atoms with Gasteiger partial charge in [-0.3, -0.25) is 9.59 Å². The standard InChI is InChI=1S/C27H27FN2O4/c1-19(25(31)24(28)22-15-9-4-10-16-22)30(27(33)34-18-21-13-7-3-8-14-21)26(32)23(29)17-20-11-5-2-6-12-20/h2-16,19,23-24H,17-18,29H2,1H3/t19?,23-,24?/m0/s1. The first kappa shape index (κ1) is 24.8. The maximum Gasteiger partial charge on any atom is 0.417 e. The summed E-state index contributed by atoms with van der Waals surface area (Å²) in [4.78, 5) is 39.8. The Morgan fingerprint density at radius 3 is 1.91 bits per heavy atom. The van der Waals surface area contributed by atoms with Crippen LogP contribution in [0.4, 0.5) is 9.18 Å². The molecule has 0 spiro atoms. The highest BCUT2D eigenvalue weighted by Gasteiger charge is 2.38. The van der Waals surface area contributed by atoms with E-state index < -0.39 is 36.0 Å². The van der Waals surface area contributed by atoms with Gasteiger partial charge in [0.1, 0.15) is 12.6 Å². The van der Waals surface area contributed by atoms with Crippen molar-refractivity contribution in [2.75, 3.05) is 0 Å². The average Bonchev–Trinajstić information content (AvgIpc) is 2.88. The molecule has 176 valence electrons. The molecule has 0 aromatic heterocycles. The van der Waals surface area contributed by atoms with Gasteiger partial charge in [0.2, 0.25) is 5.91 Å². The van der Waals surface area contributed by atoms with Gasteiger partial charge in [0.25, 0.3) is 0 Å². The van der Waals surface area contributed by atoms with E-state index in [4.69, 9.17) is 10.5 Å². The molecule has 0 aliphatic heterocycles. The number of nitrogens with two attached hydrogens (primary N) is 1. The lowest BCUT2D eigenvalue weighted by molar-refractivity contribution is -0.140. The van der Waals surface area contributed by atoms with Crippen LogP contribution in [0.1, 0.15) is 29.8 Å². The molecule has 0 saturated carbocycles. The van der Waals surface area contributed by atoms with Crippen molar-refractivity contribution in [2.24, 2.45) is 5.73 Å². The summed E-state index contributed by atoms with van der Waals surface area (Å²) in [5, 5.41) is 0. The Kier molecular flexibility index (Phi) is 8.65. The third kappa shape index (κ3) is 6.36. The number of alkyl halides is 1. The van der Waals surface area contributed by atoms with Crippen molar-refractivity contribution in [3.05, 3.63) is 108 Å². The van der Waals surface area contributed by atoms with Crippen LogP contribution in [0.25, 0.3) is 0 Å². The van der Waals surface area contributed by atoms with Crippen molar-refractivity contribution in [1.29, 1.82) is 0 Å². The first-order valence-electron chi connectivity index (χ1n) is 10.9. The van der Waals surface area contributed by atoms with Crippen LogP contribution in [0.3, 0.4) is 0 Å². The molecule has 3 atom stereocenters. The van der Waals surface area contributed by atoms with Crippen molar-refractivity contribution in [2.45, 2.75) is 38.2 Å². The number of nitrogens with zero attached hydrogens (tertiary/aromatic N) is 1. The van der Waals surface area contributed by atoms with Crippen LogP contribution in [0.5, 0.6) is 0 Å². The average molecular weight is 463 g/mol. The minimum atomic E-state index is -2.02. The van der Waals surface area contributed by atoms with Crippen LogP contribution in [-0.2, 0) is 27.4 Å². The summed E-state index contributed by atoms with van der Waals surface area (Å²) in [6, 6.07) is 23.2. The zero-order valence-electron chi connectivity index (χ0n) is 18.8. The van der Waals surface area contributed by atoms with Crippen LogP contribution in [0, 0.1) is 0 Å². The molecule has 0 saturated heterocycles. The molecule has 0 aliphatic rings. The molecule has 0 fully saturated rings. The number of carbonyl (C=O) groups is 3. The van der Waals surface area contributed by atoms with Gasteiger partial charge in [-0.25, -0.2) is 14.1 Å². The summed E-state index contributed by atoms with van der Waals surface area (Å²) >= 11 is 0. The number of amides is 2. The number of ketones is 1. The van der Waals surface area contributed by atoms with Gasteiger partial charge in [-0.2, -0.15) is 0 Å². The molecule has 34 heavy (non-hydrogen) atoms. The molecule has 0 heterocycles.